The van der Waals surface area contributed by atoms with Crippen molar-refractivity contribution in [1.29, 1.82) is 0 Å². The van der Waals surface area contributed by atoms with E-state index in [2.05, 4.69) is 77.0 Å². The molecular formula is C41H47N2O5+. The largest absolute Gasteiger partial charge is 0.478 e. The number of carboxylic acids is 2. The number of nitrogens with zero attached hydrogens (tertiary/aromatic N) is 2. The highest BCUT2D eigenvalue weighted by Crippen LogP contribution is 2.57. The Kier molecular flexibility index (Phi) is 6.32. The van der Waals surface area contributed by atoms with Crippen LogP contribution in [0.15, 0.2) is 30.3 Å². The average molecular weight is 648 g/mol. The summed E-state index contributed by atoms with van der Waals surface area (Å²) in [5.41, 5.74) is 7.68. The van der Waals surface area contributed by atoms with Crippen LogP contribution in [0.25, 0.3) is 5.57 Å². The third kappa shape index (κ3) is 4.21. The highest BCUT2D eigenvalue weighted by Gasteiger charge is 2.48. The van der Waals surface area contributed by atoms with Gasteiger partial charge in [0.25, 0.3) is 0 Å². The van der Waals surface area contributed by atoms with E-state index < -0.39 is 11.9 Å². The molecule has 3 aromatic carbocycles. The van der Waals surface area contributed by atoms with E-state index >= 15 is 0 Å². The summed E-state index contributed by atoms with van der Waals surface area (Å²) in [6.07, 6.45) is 3.97. The monoisotopic (exact) mass is 647 g/mol. The van der Waals surface area contributed by atoms with E-state index in [0.29, 0.717) is 5.56 Å². The van der Waals surface area contributed by atoms with Gasteiger partial charge in [0.05, 0.1) is 16.7 Å². The predicted octanol–water partition coefficient (Wildman–Crippen LogP) is 6.46. The molecule has 0 aliphatic carbocycles. The average Bonchev–Trinajstić information content (AvgIpc) is 3.00. The molecule has 0 bridgehead atoms. The Balaban J connectivity index is 1.64. The van der Waals surface area contributed by atoms with Gasteiger partial charge in [0.15, 0.2) is 0 Å². The lowest BCUT2D eigenvalue weighted by Gasteiger charge is -2.49. The first-order valence-electron chi connectivity index (χ1n) is 17.5. The van der Waals surface area contributed by atoms with Gasteiger partial charge in [-0.05, 0) is 65.1 Å². The highest BCUT2D eigenvalue weighted by molar-refractivity contribution is 6.01. The molecule has 0 atom stereocenters. The van der Waals surface area contributed by atoms with Gasteiger partial charge in [0, 0.05) is 69.9 Å². The molecule has 2 N–H and O–H groups in total. The molecule has 7 heteroatoms. The van der Waals surface area contributed by atoms with Gasteiger partial charge >= 0.3 is 11.9 Å². The van der Waals surface area contributed by atoms with Crippen LogP contribution in [-0.2, 0) is 21.7 Å². The molecule has 3 aromatic rings. The standard InChI is InChI=1S/C41H46N2O5/c1-38(2)11-15-42-17-13-40(5,6)30-32(42)27(38)20-25-29(24-19-22(36(44)45)9-10-23(24)37(46)47)26-21-28-33-31(35(26)48-34(25)30)41(7,8)14-18-43(33)16-12-39(28,3)4/h9-10,19-21H,11-18H2,1-8H3,(H-,44,45,46,47)/p+1. The summed E-state index contributed by atoms with van der Waals surface area (Å²) in [5.74, 6) is -0.584. The van der Waals surface area contributed by atoms with E-state index in [1.54, 1.807) is 6.07 Å². The molecule has 0 saturated carbocycles. The Bertz CT molecular complexity index is 2130. The summed E-state index contributed by atoms with van der Waals surface area (Å²) in [7, 11) is 0. The maximum Gasteiger partial charge on any atom is 0.336 e. The third-order valence-corrected chi connectivity index (χ3v) is 12.5. The minimum Gasteiger partial charge on any atom is -0.478 e. The molecule has 0 spiro atoms. The van der Waals surface area contributed by atoms with Gasteiger partial charge in [0.2, 0.25) is 5.36 Å². The van der Waals surface area contributed by atoms with E-state index in [9.17, 15) is 19.8 Å². The van der Waals surface area contributed by atoms with E-state index in [-0.39, 0.29) is 32.8 Å². The minimum atomic E-state index is -1.09. The lowest BCUT2D eigenvalue weighted by Crippen LogP contribution is -2.54. The molecule has 0 aromatic heterocycles. The van der Waals surface area contributed by atoms with E-state index in [4.69, 9.17) is 4.74 Å². The molecule has 0 saturated heterocycles. The highest BCUT2D eigenvalue weighted by atomic mass is 16.5. The normalized spacial score (nSPS) is 21.7. The summed E-state index contributed by atoms with van der Waals surface area (Å²) in [6, 6.07) is 8.94. The van der Waals surface area contributed by atoms with Gasteiger partial charge in [0.1, 0.15) is 24.6 Å². The number of hydrogen-bond donors (Lipinski definition) is 2. The van der Waals surface area contributed by atoms with Crippen molar-refractivity contribution in [2.75, 3.05) is 31.1 Å². The number of anilines is 1. The number of carbonyl (C=O) groups is 2. The van der Waals surface area contributed by atoms with E-state index in [1.807, 2.05) is 0 Å². The topological polar surface area (TPSA) is 90.1 Å². The van der Waals surface area contributed by atoms with Crippen LogP contribution in [0.1, 0.15) is 135 Å². The zero-order valence-electron chi connectivity index (χ0n) is 29.6. The minimum absolute atomic E-state index is 0.0642. The fourth-order valence-electron chi connectivity index (χ4n) is 9.29. The van der Waals surface area contributed by atoms with Crippen molar-refractivity contribution in [2.45, 2.75) is 103 Å². The summed E-state index contributed by atoms with van der Waals surface area (Å²) >= 11 is 0. The van der Waals surface area contributed by atoms with E-state index in [1.165, 1.54) is 45.4 Å². The molecule has 7 nitrogen and oxygen atoms in total. The Hall–Kier alpha value is -4.13. The maximum absolute atomic E-state index is 13.0. The number of fused-ring (bicyclic) bond motifs is 4. The summed E-state index contributed by atoms with van der Waals surface area (Å²) in [6.45, 7) is 22.4. The van der Waals surface area contributed by atoms with Gasteiger partial charge in [-0.25, -0.2) is 14.2 Å². The fourth-order valence-corrected chi connectivity index (χ4v) is 9.29. The van der Waals surface area contributed by atoms with Crippen molar-refractivity contribution >= 4 is 23.2 Å². The number of carboxylic acid groups (broad SMARTS) is 2. The second-order valence-corrected chi connectivity index (χ2v) is 17.4. The van der Waals surface area contributed by atoms with Gasteiger partial charge in [-0.2, -0.15) is 0 Å². The maximum atomic E-state index is 13.0. The molecule has 5 heterocycles. The summed E-state index contributed by atoms with van der Waals surface area (Å²) in [4.78, 5) is 27.9. The molecule has 0 amide bonds. The van der Waals surface area contributed by atoms with Crippen LogP contribution in [0.3, 0.4) is 0 Å². The first kappa shape index (κ1) is 31.2. The molecule has 8 rings (SSSR count). The molecular weight excluding hydrogens is 600 g/mol. The summed E-state index contributed by atoms with van der Waals surface area (Å²) in [5, 5.41) is 22.9. The summed E-state index contributed by atoms with van der Waals surface area (Å²) < 4.78 is 9.94. The predicted molar refractivity (Wildman–Crippen MR) is 188 cm³/mol. The smallest absolute Gasteiger partial charge is 0.336 e. The van der Waals surface area contributed by atoms with Crippen LogP contribution < -0.4 is 24.8 Å². The van der Waals surface area contributed by atoms with Crippen molar-refractivity contribution < 1.29 is 24.5 Å². The van der Waals surface area contributed by atoms with Crippen LogP contribution in [0.4, 0.5) is 5.69 Å². The molecule has 250 valence electrons. The number of hydrogen-bond acceptors (Lipinski definition) is 4. The Labute approximate surface area is 282 Å². The quantitative estimate of drug-likeness (QED) is 0.248. The van der Waals surface area contributed by atoms with Crippen LogP contribution in [0.5, 0.6) is 11.5 Å². The third-order valence-electron chi connectivity index (χ3n) is 12.5. The number of ether oxygens (including phenoxy) is 1. The van der Waals surface area contributed by atoms with Crippen molar-refractivity contribution in [3.05, 3.63) is 85.4 Å². The Morgan fingerprint density at radius 2 is 1.33 bits per heavy atom. The second-order valence-electron chi connectivity index (χ2n) is 17.4. The van der Waals surface area contributed by atoms with Gasteiger partial charge in [-0.3, -0.25) is 0 Å². The molecule has 5 aliphatic heterocycles. The van der Waals surface area contributed by atoms with Crippen molar-refractivity contribution in [3.63, 3.8) is 0 Å². The van der Waals surface area contributed by atoms with Crippen molar-refractivity contribution in [2.24, 2.45) is 0 Å². The van der Waals surface area contributed by atoms with Crippen LogP contribution in [0, 0.1) is 0 Å². The molecule has 0 fully saturated rings. The van der Waals surface area contributed by atoms with Crippen molar-refractivity contribution in [3.8, 4) is 11.5 Å². The molecule has 5 aliphatic rings. The zero-order valence-corrected chi connectivity index (χ0v) is 29.6. The van der Waals surface area contributed by atoms with Gasteiger partial charge in [-0.1, -0.05) is 55.4 Å². The van der Waals surface area contributed by atoms with Crippen LogP contribution in [-0.4, -0.2) is 48.3 Å². The van der Waals surface area contributed by atoms with Crippen molar-refractivity contribution in [1.82, 2.24) is 4.58 Å². The SMILES string of the molecule is CC1(C)CCN2CCC(C)(C)c3c4c(cc1c32)C(c1cc(C(=O)O)ccc1C(=O)O)=c1cc2c3c(c1O4)C(C)(C)CC[N+]=3CCC2(C)C. The van der Waals surface area contributed by atoms with Gasteiger partial charge < -0.3 is 19.8 Å². The van der Waals surface area contributed by atoms with Crippen LogP contribution in [0.2, 0.25) is 0 Å². The first-order valence-corrected chi connectivity index (χ1v) is 17.5. The lowest BCUT2D eigenvalue weighted by molar-refractivity contribution is 0.0681. The molecule has 0 unspecified atom stereocenters. The second kappa shape index (κ2) is 9.73. The Morgan fingerprint density at radius 1 is 0.708 bits per heavy atom. The van der Waals surface area contributed by atoms with Gasteiger partial charge in [-0.15, -0.1) is 0 Å². The Morgan fingerprint density at radius 3 is 2.00 bits per heavy atom. The number of rotatable bonds is 3. The zero-order chi connectivity index (χ0) is 34.3. The number of aromatic carboxylic acids is 2. The lowest BCUT2D eigenvalue weighted by atomic mass is 9.67. The first-order chi connectivity index (χ1) is 22.4. The number of benzene rings is 3. The van der Waals surface area contributed by atoms with Crippen LogP contribution >= 0.6 is 0 Å². The van der Waals surface area contributed by atoms with E-state index in [0.717, 1.165) is 79.7 Å². The fraction of sp³-hybridized carbons (Fsp3) is 0.488. The molecule has 0 radical (unpaired) electrons. The molecule has 48 heavy (non-hydrogen) atoms.